The van der Waals surface area contributed by atoms with Gasteiger partial charge in [0.15, 0.2) is 11.4 Å². The lowest BCUT2D eigenvalue weighted by atomic mass is 10.1. The van der Waals surface area contributed by atoms with Gasteiger partial charge in [-0.3, -0.25) is 4.79 Å². The van der Waals surface area contributed by atoms with Crippen molar-refractivity contribution in [3.05, 3.63) is 58.8 Å². The number of hydrogen-bond donors (Lipinski definition) is 2. The van der Waals surface area contributed by atoms with E-state index >= 15 is 0 Å². The van der Waals surface area contributed by atoms with Gasteiger partial charge in [-0.15, -0.1) is 0 Å². The molecule has 0 saturated heterocycles. The summed E-state index contributed by atoms with van der Waals surface area (Å²) < 4.78 is 21.3. The molecule has 4 rings (SSSR count). The number of carbonyl (C=O) groups excluding carboxylic acids is 1. The molecule has 0 aliphatic heterocycles. The Bertz CT molecular complexity index is 1270. The van der Waals surface area contributed by atoms with Crippen LogP contribution in [0.15, 0.2) is 41.3 Å². The minimum atomic E-state index is -0.490. The summed E-state index contributed by atoms with van der Waals surface area (Å²) in [5.41, 5.74) is 7.16. The van der Waals surface area contributed by atoms with Crippen molar-refractivity contribution in [2.24, 2.45) is 0 Å². The highest BCUT2D eigenvalue weighted by molar-refractivity contribution is 6.31. The Morgan fingerprint density at radius 3 is 2.81 bits per heavy atom. The number of nitrogens with zero attached hydrogens (tertiary/aromatic N) is 4. The quantitative estimate of drug-likeness (QED) is 0.491. The van der Waals surface area contributed by atoms with Gasteiger partial charge < -0.3 is 15.5 Å². The molecule has 8 nitrogen and oxygen atoms in total. The third kappa shape index (κ3) is 3.84. The number of amides is 1. The molecule has 0 saturated carbocycles. The Morgan fingerprint density at radius 2 is 2.10 bits per heavy atom. The van der Waals surface area contributed by atoms with E-state index in [1.54, 1.807) is 16.8 Å². The number of rotatable bonds is 4. The van der Waals surface area contributed by atoms with Crippen LogP contribution in [-0.2, 0) is 12.1 Å². The lowest BCUT2D eigenvalue weighted by Crippen LogP contribution is -2.23. The number of fused-ring (bicyclic) bond motifs is 1. The normalized spacial score (nSPS) is 11.8. The van der Waals surface area contributed by atoms with Crippen molar-refractivity contribution in [1.29, 1.82) is 0 Å². The molecule has 160 valence electrons. The Labute approximate surface area is 182 Å². The number of anilines is 1. The molecule has 31 heavy (non-hydrogen) atoms. The van der Waals surface area contributed by atoms with Crippen LogP contribution in [0.1, 0.15) is 36.7 Å². The maximum atomic E-state index is 13.9. The van der Waals surface area contributed by atoms with Gasteiger partial charge in [0.1, 0.15) is 29.9 Å². The molecule has 3 N–H and O–H groups in total. The fraction of sp³-hybridized carbons (Fsp3) is 0.238. The first-order valence-corrected chi connectivity index (χ1v) is 9.84. The molecule has 0 aliphatic rings. The summed E-state index contributed by atoms with van der Waals surface area (Å²) in [5, 5.41) is 8.04. The molecule has 0 spiro atoms. The predicted molar refractivity (Wildman–Crippen MR) is 115 cm³/mol. The number of benzene rings is 1. The summed E-state index contributed by atoms with van der Waals surface area (Å²) in [7, 11) is 0. The van der Waals surface area contributed by atoms with E-state index in [2.05, 4.69) is 20.4 Å². The van der Waals surface area contributed by atoms with Crippen molar-refractivity contribution < 1.29 is 13.6 Å². The summed E-state index contributed by atoms with van der Waals surface area (Å²) in [6.07, 6.45) is 2.68. The van der Waals surface area contributed by atoms with Gasteiger partial charge in [-0.05, 0) is 39.0 Å². The third-order valence-electron chi connectivity index (χ3n) is 4.71. The molecule has 3 heterocycles. The van der Waals surface area contributed by atoms with E-state index in [-0.39, 0.29) is 34.1 Å². The van der Waals surface area contributed by atoms with Crippen LogP contribution in [0.2, 0.25) is 5.02 Å². The minimum absolute atomic E-state index is 0.0623. The Kier molecular flexibility index (Phi) is 5.14. The molecule has 3 aromatic heterocycles. The van der Waals surface area contributed by atoms with Gasteiger partial charge in [-0.25, -0.2) is 19.0 Å². The van der Waals surface area contributed by atoms with Crippen LogP contribution in [0.5, 0.6) is 0 Å². The van der Waals surface area contributed by atoms with E-state index < -0.39 is 11.7 Å². The van der Waals surface area contributed by atoms with Gasteiger partial charge in [-0.1, -0.05) is 17.7 Å². The van der Waals surface area contributed by atoms with Crippen molar-refractivity contribution in [3.8, 4) is 11.5 Å². The van der Waals surface area contributed by atoms with Gasteiger partial charge >= 0.3 is 0 Å². The highest BCUT2D eigenvalue weighted by atomic mass is 35.5. The number of nitrogens with two attached hydrogens (primary N) is 1. The zero-order valence-electron chi connectivity index (χ0n) is 17.1. The standard InChI is InChI=1S/C21H20ClFN6O2/c1-21(2,3)29-19-16(18(24)26-10-27-19)17(28-29)15-7-11(9-31-15)20(30)25-8-12-13(22)5-4-6-14(12)23/h4-7,9-10H,8H2,1-3H3,(H,25,30)(H2,24,26,27). The average Bonchev–Trinajstić information content (AvgIpc) is 3.32. The molecule has 0 bridgehead atoms. The number of aromatic nitrogens is 4. The number of hydrogen-bond acceptors (Lipinski definition) is 6. The smallest absolute Gasteiger partial charge is 0.254 e. The van der Waals surface area contributed by atoms with Gasteiger partial charge in [0, 0.05) is 17.1 Å². The SMILES string of the molecule is CC(C)(C)n1nc(-c2cc(C(=O)NCc3c(F)cccc3Cl)co2)c2c(N)ncnc21. The molecule has 0 aliphatic carbocycles. The predicted octanol–water partition coefficient (Wildman–Crippen LogP) is 4.15. The van der Waals surface area contributed by atoms with Crippen LogP contribution in [0.3, 0.4) is 0 Å². The van der Waals surface area contributed by atoms with Crippen LogP contribution in [0, 0.1) is 5.82 Å². The molecular formula is C21H20ClFN6O2. The van der Waals surface area contributed by atoms with E-state index in [4.69, 9.17) is 21.8 Å². The van der Waals surface area contributed by atoms with E-state index in [9.17, 15) is 9.18 Å². The molecule has 0 fully saturated rings. The van der Waals surface area contributed by atoms with Crippen LogP contribution in [0.25, 0.3) is 22.5 Å². The average molecular weight is 443 g/mol. The topological polar surface area (TPSA) is 112 Å². The maximum absolute atomic E-state index is 13.9. The van der Waals surface area contributed by atoms with Crippen LogP contribution in [-0.4, -0.2) is 25.7 Å². The summed E-state index contributed by atoms with van der Waals surface area (Å²) in [4.78, 5) is 20.9. The lowest BCUT2D eigenvalue weighted by Gasteiger charge is -2.19. The van der Waals surface area contributed by atoms with E-state index in [0.29, 0.717) is 22.5 Å². The highest BCUT2D eigenvalue weighted by Gasteiger charge is 2.26. The molecular weight excluding hydrogens is 423 g/mol. The van der Waals surface area contributed by atoms with Crippen LogP contribution in [0.4, 0.5) is 10.2 Å². The van der Waals surface area contributed by atoms with Gasteiger partial charge in [-0.2, -0.15) is 5.10 Å². The van der Waals surface area contributed by atoms with Crippen LogP contribution >= 0.6 is 11.6 Å². The molecule has 0 atom stereocenters. The van der Waals surface area contributed by atoms with Crippen molar-refractivity contribution in [1.82, 2.24) is 25.1 Å². The fourth-order valence-corrected chi connectivity index (χ4v) is 3.40. The first-order chi connectivity index (χ1) is 14.7. The Balaban J connectivity index is 1.65. The maximum Gasteiger partial charge on any atom is 0.254 e. The monoisotopic (exact) mass is 442 g/mol. The van der Waals surface area contributed by atoms with E-state index in [0.717, 1.165) is 0 Å². The zero-order chi connectivity index (χ0) is 22.3. The molecule has 0 radical (unpaired) electrons. The number of nitrogen functional groups attached to an aromatic ring is 1. The number of nitrogens with one attached hydrogen (secondary N) is 1. The van der Waals surface area contributed by atoms with E-state index in [1.807, 2.05) is 20.8 Å². The number of furan rings is 1. The number of carbonyl (C=O) groups is 1. The first-order valence-electron chi connectivity index (χ1n) is 9.46. The molecule has 4 aromatic rings. The van der Waals surface area contributed by atoms with Gasteiger partial charge in [0.05, 0.1) is 16.5 Å². The second kappa shape index (κ2) is 7.66. The zero-order valence-corrected chi connectivity index (χ0v) is 17.9. The van der Waals surface area contributed by atoms with Crippen molar-refractivity contribution >= 4 is 34.4 Å². The fourth-order valence-electron chi connectivity index (χ4n) is 3.17. The first kappa shape index (κ1) is 20.8. The van der Waals surface area contributed by atoms with E-state index in [1.165, 1.54) is 24.7 Å². The Morgan fingerprint density at radius 1 is 1.32 bits per heavy atom. The minimum Gasteiger partial charge on any atom is -0.462 e. The molecule has 1 aromatic carbocycles. The van der Waals surface area contributed by atoms with Gasteiger partial charge in [0.25, 0.3) is 5.91 Å². The lowest BCUT2D eigenvalue weighted by molar-refractivity contribution is 0.0950. The highest BCUT2D eigenvalue weighted by Crippen LogP contribution is 2.33. The Hall–Kier alpha value is -3.46. The summed E-state index contributed by atoms with van der Waals surface area (Å²) in [6.45, 7) is 5.89. The van der Waals surface area contributed by atoms with Crippen molar-refractivity contribution in [2.75, 3.05) is 5.73 Å². The summed E-state index contributed by atoms with van der Waals surface area (Å²) in [5.74, 6) is -0.343. The summed E-state index contributed by atoms with van der Waals surface area (Å²) in [6, 6.07) is 5.89. The third-order valence-corrected chi connectivity index (χ3v) is 5.07. The summed E-state index contributed by atoms with van der Waals surface area (Å²) >= 11 is 6.01. The second-order valence-electron chi connectivity index (χ2n) is 7.97. The van der Waals surface area contributed by atoms with Crippen molar-refractivity contribution in [2.45, 2.75) is 32.9 Å². The van der Waals surface area contributed by atoms with Gasteiger partial charge in [0.2, 0.25) is 0 Å². The molecule has 1 amide bonds. The largest absolute Gasteiger partial charge is 0.462 e. The second-order valence-corrected chi connectivity index (χ2v) is 8.38. The number of halogens is 2. The molecule has 0 unspecified atom stereocenters. The van der Waals surface area contributed by atoms with Crippen molar-refractivity contribution in [3.63, 3.8) is 0 Å². The molecule has 10 heteroatoms. The van der Waals surface area contributed by atoms with Crippen LogP contribution < -0.4 is 11.1 Å².